The maximum atomic E-state index is 12.1. The van der Waals surface area contributed by atoms with Crippen LogP contribution in [0.1, 0.15) is 33.6 Å². The van der Waals surface area contributed by atoms with Gasteiger partial charge in [0.15, 0.2) is 0 Å². The summed E-state index contributed by atoms with van der Waals surface area (Å²) in [4.78, 5) is 27.7. The Morgan fingerprint density at radius 1 is 1.35 bits per heavy atom. The fourth-order valence-corrected chi connectivity index (χ4v) is 2.10. The summed E-state index contributed by atoms with van der Waals surface area (Å²) in [5.74, 6) is -0.0878. The smallest absolute Gasteiger partial charge is 0.410 e. The maximum Gasteiger partial charge on any atom is 0.410 e. The highest BCUT2D eigenvalue weighted by Crippen LogP contribution is 2.20. The van der Waals surface area contributed by atoms with Crippen molar-refractivity contribution in [2.45, 2.75) is 45.3 Å². The Hall–Kier alpha value is -1.30. The van der Waals surface area contributed by atoms with Crippen molar-refractivity contribution < 1.29 is 14.3 Å². The monoisotopic (exact) mass is 285 g/mol. The standard InChI is InChI=1S/C14H27N3O3/c1-14(2,3)20-13(19)17-9-6-7-11(17)12(18)15-8-10-16(4)5/h11H,6-10H2,1-5H3,(H,15,18)/t11-/m0/s1. The maximum absolute atomic E-state index is 12.1. The van der Waals surface area contributed by atoms with Crippen LogP contribution in [0, 0.1) is 0 Å². The Morgan fingerprint density at radius 2 is 2.00 bits per heavy atom. The van der Waals surface area contributed by atoms with E-state index in [1.165, 1.54) is 4.90 Å². The van der Waals surface area contributed by atoms with E-state index >= 15 is 0 Å². The molecule has 1 rings (SSSR count). The van der Waals surface area contributed by atoms with Crippen LogP contribution in [0.15, 0.2) is 0 Å². The van der Waals surface area contributed by atoms with Crippen molar-refractivity contribution in [1.29, 1.82) is 0 Å². The summed E-state index contributed by atoms with van der Waals surface area (Å²) >= 11 is 0. The van der Waals surface area contributed by atoms with Gasteiger partial charge in [-0.25, -0.2) is 4.79 Å². The number of carbonyl (C=O) groups is 2. The van der Waals surface area contributed by atoms with Gasteiger partial charge in [0.1, 0.15) is 11.6 Å². The third kappa shape index (κ3) is 5.36. The molecule has 0 saturated carbocycles. The van der Waals surface area contributed by atoms with Crippen LogP contribution < -0.4 is 5.32 Å². The molecule has 1 heterocycles. The molecule has 1 aliphatic heterocycles. The van der Waals surface area contributed by atoms with Gasteiger partial charge in [-0.05, 0) is 47.7 Å². The van der Waals surface area contributed by atoms with Gasteiger partial charge < -0.3 is 15.0 Å². The topological polar surface area (TPSA) is 61.9 Å². The van der Waals surface area contributed by atoms with Crippen LogP contribution in [0.4, 0.5) is 4.79 Å². The van der Waals surface area contributed by atoms with Crippen molar-refractivity contribution in [2.75, 3.05) is 33.7 Å². The third-order valence-corrected chi connectivity index (χ3v) is 3.04. The summed E-state index contributed by atoms with van der Waals surface area (Å²) < 4.78 is 5.34. The SMILES string of the molecule is CN(C)CCNC(=O)[C@@H]1CCCN1C(=O)OC(C)(C)C. The molecule has 0 aliphatic carbocycles. The molecule has 0 aromatic carbocycles. The highest BCUT2D eigenvalue weighted by molar-refractivity contribution is 5.86. The molecule has 0 radical (unpaired) electrons. The predicted octanol–water partition coefficient (Wildman–Crippen LogP) is 1.06. The number of likely N-dealkylation sites (tertiary alicyclic amines) is 1. The molecule has 0 aromatic heterocycles. The molecule has 0 spiro atoms. The zero-order valence-corrected chi connectivity index (χ0v) is 13.2. The first-order valence-electron chi connectivity index (χ1n) is 7.13. The predicted molar refractivity (Wildman–Crippen MR) is 77.5 cm³/mol. The zero-order chi connectivity index (χ0) is 15.3. The van der Waals surface area contributed by atoms with E-state index in [9.17, 15) is 9.59 Å². The summed E-state index contributed by atoms with van der Waals surface area (Å²) in [5, 5.41) is 2.87. The number of ether oxygens (including phenoxy) is 1. The van der Waals surface area contributed by atoms with Crippen molar-refractivity contribution in [3.05, 3.63) is 0 Å². The first kappa shape index (κ1) is 16.8. The third-order valence-electron chi connectivity index (χ3n) is 3.04. The lowest BCUT2D eigenvalue weighted by molar-refractivity contribution is -0.125. The van der Waals surface area contributed by atoms with E-state index < -0.39 is 17.7 Å². The molecule has 0 aromatic rings. The van der Waals surface area contributed by atoms with Gasteiger partial charge in [-0.1, -0.05) is 0 Å². The van der Waals surface area contributed by atoms with Crippen molar-refractivity contribution in [1.82, 2.24) is 15.1 Å². The molecule has 1 atom stereocenters. The van der Waals surface area contributed by atoms with Crippen LogP contribution in [0.2, 0.25) is 0 Å². The molecular formula is C14H27N3O3. The second kappa shape index (κ2) is 6.92. The number of hydrogen-bond donors (Lipinski definition) is 1. The minimum absolute atomic E-state index is 0.0878. The Kier molecular flexibility index (Phi) is 5.80. The lowest BCUT2D eigenvalue weighted by atomic mass is 10.2. The fraction of sp³-hybridized carbons (Fsp3) is 0.857. The van der Waals surface area contributed by atoms with E-state index in [0.29, 0.717) is 19.5 Å². The largest absolute Gasteiger partial charge is 0.444 e. The summed E-state index contributed by atoms with van der Waals surface area (Å²) in [5.41, 5.74) is -0.536. The van der Waals surface area contributed by atoms with Crippen molar-refractivity contribution in [2.24, 2.45) is 0 Å². The van der Waals surface area contributed by atoms with Crippen LogP contribution in [0.25, 0.3) is 0 Å². The van der Waals surface area contributed by atoms with E-state index in [1.54, 1.807) is 0 Å². The summed E-state index contributed by atoms with van der Waals surface area (Å²) in [6.45, 7) is 7.43. The van der Waals surface area contributed by atoms with Gasteiger partial charge in [-0.3, -0.25) is 9.69 Å². The van der Waals surface area contributed by atoms with Crippen LogP contribution in [-0.4, -0.2) is 67.2 Å². The van der Waals surface area contributed by atoms with Crippen LogP contribution in [-0.2, 0) is 9.53 Å². The molecule has 1 fully saturated rings. The lowest BCUT2D eigenvalue weighted by Crippen LogP contribution is -2.48. The molecule has 20 heavy (non-hydrogen) atoms. The van der Waals surface area contributed by atoms with Gasteiger partial charge in [-0.2, -0.15) is 0 Å². The Bertz CT molecular complexity index is 350. The van der Waals surface area contributed by atoms with E-state index in [2.05, 4.69) is 5.32 Å². The van der Waals surface area contributed by atoms with E-state index in [1.807, 2.05) is 39.8 Å². The molecule has 1 saturated heterocycles. The first-order valence-corrected chi connectivity index (χ1v) is 7.13. The molecule has 2 amide bonds. The Labute approximate surface area is 121 Å². The van der Waals surface area contributed by atoms with E-state index in [4.69, 9.17) is 4.74 Å². The second-order valence-electron chi connectivity index (χ2n) is 6.43. The first-order chi connectivity index (χ1) is 9.20. The molecule has 1 aliphatic rings. The van der Waals surface area contributed by atoms with Crippen molar-refractivity contribution >= 4 is 12.0 Å². The van der Waals surface area contributed by atoms with Gasteiger partial charge in [0.2, 0.25) is 5.91 Å². The number of hydrogen-bond acceptors (Lipinski definition) is 4. The molecular weight excluding hydrogens is 258 g/mol. The van der Waals surface area contributed by atoms with Crippen LogP contribution in [0.5, 0.6) is 0 Å². The van der Waals surface area contributed by atoms with Gasteiger partial charge >= 0.3 is 6.09 Å². The highest BCUT2D eigenvalue weighted by atomic mass is 16.6. The highest BCUT2D eigenvalue weighted by Gasteiger charge is 2.36. The summed E-state index contributed by atoms with van der Waals surface area (Å²) in [6, 6.07) is -0.396. The molecule has 0 bridgehead atoms. The van der Waals surface area contributed by atoms with Gasteiger partial charge in [0, 0.05) is 19.6 Å². The average Bonchev–Trinajstić information content (AvgIpc) is 2.74. The summed E-state index contributed by atoms with van der Waals surface area (Å²) in [7, 11) is 3.91. The lowest BCUT2D eigenvalue weighted by Gasteiger charge is -2.28. The van der Waals surface area contributed by atoms with Crippen LogP contribution >= 0.6 is 0 Å². The minimum Gasteiger partial charge on any atom is -0.444 e. The molecule has 0 unspecified atom stereocenters. The zero-order valence-electron chi connectivity index (χ0n) is 13.2. The van der Waals surface area contributed by atoms with Gasteiger partial charge in [0.05, 0.1) is 0 Å². The van der Waals surface area contributed by atoms with Crippen LogP contribution in [0.3, 0.4) is 0 Å². The number of carbonyl (C=O) groups excluding carboxylic acids is 2. The minimum atomic E-state index is -0.536. The van der Waals surface area contributed by atoms with Gasteiger partial charge in [-0.15, -0.1) is 0 Å². The number of rotatable bonds is 4. The second-order valence-corrected chi connectivity index (χ2v) is 6.43. The fourth-order valence-electron chi connectivity index (χ4n) is 2.10. The molecule has 6 heteroatoms. The number of nitrogens with zero attached hydrogens (tertiary/aromatic N) is 2. The average molecular weight is 285 g/mol. The van der Waals surface area contributed by atoms with Gasteiger partial charge in [0.25, 0.3) is 0 Å². The Balaban J connectivity index is 2.51. The molecule has 6 nitrogen and oxygen atoms in total. The normalized spacial score (nSPS) is 19.3. The number of likely N-dealkylation sites (N-methyl/N-ethyl adjacent to an activating group) is 1. The van der Waals surface area contributed by atoms with Crippen molar-refractivity contribution in [3.8, 4) is 0 Å². The Morgan fingerprint density at radius 3 is 2.55 bits per heavy atom. The van der Waals surface area contributed by atoms with E-state index in [0.717, 1.165) is 13.0 Å². The quantitative estimate of drug-likeness (QED) is 0.839. The molecule has 116 valence electrons. The molecule has 1 N–H and O–H groups in total. The number of amides is 2. The summed E-state index contributed by atoms with van der Waals surface area (Å²) in [6.07, 6.45) is 1.14. The van der Waals surface area contributed by atoms with Crippen molar-refractivity contribution in [3.63, 3.8) is 0 Å². The number of nitrogens with one attached hydrogen (secondary N) is 1. The van der Waals surface area contributed by atoms with E-state index in [-0.39, 0.29) is 5.91 Å².